The number of halogens is 2. The van der Waals surface area contributed by atoms with Crippen LogP contribution in [0.25, 0.3) is 11.5 Å². The first kappa shape index (κ1) is 18.2. The van der Waals surface area contributed by atoms with Crippen molar-refractivity contribution in [2.75, 3.05) is 11.9 Å². The van der Waals surface area contributed by atoms with Crippen LogP contribution in [-0.2, 0) is 24.3 Å². The number of aromatic nitrogens is 2. The summed E-state index contributed by atoms with van der Waals surface area (Å²) in [5.41, 5.74) is 3.18. The number of hydrogen-bond acceptors (Lipinski definition) is 5. The number of nitrogens with zero attached hydrogens (tertiary/aromatic N) is 3. The lowest BCUT2D eigenvalue weighted by Crippen LogP contribution is -2.31. The van der Waals surface area contributed by atoms with Gasteiger partial charge in [-0.2, -0.15) is 4.98 Å². The Bertz CT molecular complexity index is 1030. The molecule has 0 bridgehead atoms. The Hall–Kier alpha value is -3.13. The summed E-state index contributed by atoms with van der Waals surface area (Å²) >= 11 is 0. The summed E-state index contributed by atoms with van der Waals surface area (Å²) in [7, 11) is 0. The van der Waals surface area contributed by atoms with Gasteiger partial charge in [-0.05, 0) is 35.7 Å². The van der Waals surface area contributed by atoms with Gasteiger partial charge in [-0.3, -0.25) is 9.69 Å². The van der Waals surface area contributed by atoms with Crippen molar-refractivity contribution < 1.29 is 18.1 Å². The number of rotatable bonds is 4. The summed E-state index contributed by atoms with van der Waals surface area (Å²) < 4.78 is 32.1. The molecule has 0 atom stereocenters. The number of benzene rings is 2. The van der Waals surface area contributed by atoms with E-state index in [-0.39, 0.29) is 17.4 Å². The van der Waals surface area contributed by atoms with Gasteiger partial charge in [0.25, 0.3) is 5.89 Å². The van der Waals surface area contributed by atoms with Gasteiger partial charge >= 0.3 is 0 Å². The maximum absolute atomic E-state index is 13.9. The van der Waals surface area contributed by atoms with Crippen LogP contribution in [0.2, 0.25) is 0 Å². The van der Waals surface area contributed by atoms with Crippen molar-refractivity contribution in [3.05, 3.63) is 65.0 Å². The molecule has 0 aliphatic carbocycles. The lowest BCUT2D eigenvalue weighted by molar-refractivity contribution is -0.114. The summed E-state index contributed by atoms with van der Waals surface area (Å²) in [4.78, 5) is 17.8. The fraction of sp³-hybridized carbons (Fsp3) is 0.250. The van der Waals surface area contributed by atoms with Crippen molar-refractivity contribution in [3.8, 4) is 11.5 Å². The predicted molar refractivity (Wildman–Crippen MR) is 98.2 cm³/mol. The highest BCUT2D eigenvalue weighted by atomic mass is 19.1. The van der Waals surface area contributed by atoms with E-state index in [4.69, 9.17) is 4.52 Å². The van der Waals surface area contributed by atoms with Crippen LogP contribution in [0.4, 0.5) is 14.5 Å². The van der Waals surface area contributed by atoms with Crippen LogP contribution in [0.1, 0.15) is 23.9 Å². The minimum Gasteiger partial charge on any atom is -0.334 e. The fourth-order valence-electron chi connectivity index (χ4n) is 3.40. The van der Waals surface area contributed by atoms with E-state index in [0.717, 1.165) is 41.9 Å². The van der Waals surface area contributed by atoms with Gasteiger partial charge < -0.3 is 9.84 Å². The molecule has 4 rings (SSSR count). The Balaban J connectivity index is 1.48. The highest BCUT2D eigenvalue weighted by Crippen LogP contribution is 2.27. The molecule has 0 saturated heterocycles. The van der Waals surface area contributed by atoms with E-state index in [2.05, 4.69) is 20.4 Å². The van der Waals surface area contributed by atoms with Crippen LogP contribution in [-0.4, -0.2) is 27.5 Å². The van der Waals surface area contributed by atoms with Crippen LogP contribution in [0.3, 0.4) is 0 Å². The Kier molecular flexibility index (Phi) is 4.87. The molecule has 3 aromatic rings. The van der Waals surface area contributed by atoms with Crippen molar-refractivity contribution in [1.29, 1.82) is 0 Å². The monoisotopic (exact) mass is 384 g/mol. The quantitative estimate of drug-likeness (QED) is 0.745. The van der Waals surface area contributed by atoms with Crippen molar-refractivity contribution in [2.45, 2.75) is 26.4 Å². The largest absolute Gasteiger partial charge is 0.334 e. The van der Waals surface area contributed by atoms with Crippen LogP contribution in [0.5, 0.6) is 0 Å². The standard InChI is InChI=1S/C20H18F2N4O2/c1-12(27)23-18-4-2-3-13-10-26(8-7-15(13)18)11-19-24-20(28-25-19)16-6-5-14(21)9-17(16)22/h2-6,9H,7-8,10-11H2,1H3,(H,23,27). The maximum Gasteiger partial charge on any atom is 0.260 e. The van der Waals surface area contributed by atoms with Gasteiger partial charge in [0.05, 0.1) is 12.1 Å². The summed E-state index contributed by atoms with van der Waals surface area (Å²) in [5, 5.41) is 6.79. The van der Waals surface area contributed by atoms with E-state index in [0.29, 0.717) is 18.9 Å². The van der Waals surface area contributed by atoms with Gasteiger partial charge in [0.15, 0.2) is 5.82 Å². The van der Waals surface area contributed by atoms with Crippen LogP contribution in [0.15, 0.2) is 40.9 Å². The van der Waals surface area contributed by atoms with E-state index in [9.17, 15) is 13.6 Å². The SMILES string of the molecule is CC(=O)Nc1cccc2c1CCN(Cc1noc(-c3ccc(F)cc3F)n1)C2. The summed E-state index contributed by atoms with van der Waals surface area (Å²) in [5.74, 6) is -1.04. The molecular formula is C20H18F2N4O2. The lowest BCUT2D eigenvalue weighted by Gasteiger charge is -2.29. The Morgan fingerprint density at radius 2 is 2.14 bits per heavy atom. The highest BCUT2D eigenvalue weighted by molar-refractivity contribution is 5.89. The zero-order valence-electron chi connectivity index (χ0n) is 15.2. The van der Waals surface area contributed by atoms with Crippen molar-refractivity contribution >= 4 is 11.6 Å². The van der Waals surface area contributed by atoms with Gasteiger partial charge in [0.2, 0.25) is 5.91 Å². The van der Waals surface area contributed by atoms with E-state index >= 15 is 0 Å². The Morgan fingerprint density at radius 3 is 2.93 bits per heavy atom. The molecule has 2 aromatic carbocycles. The minimum absolute atomic E-state index is 0.0258. The van der Waals surface area contributed by atoms with Crippen LogP contribution >= 0.6 is 0 Å². The van der Waals surface area contributed by atoms with E-state index in [1.807, 2.05) is 18.2 Å². The Labute approximate surface area is 160 Å². The first-order valence-electron chi connectivity index (χ1n) is 8.88. The molecule has 2 heterocycles. The number of carbonyl (C=O) groups excluding carboxylic acids is 1. The van der Waals surface area contributed by atoms with Gasteiger partial charge in [-0.1, -0.05) is 17.3 Å². The molecule has 0 fully saturated rings. The fourth-order valence-corrected chi connectivity index (χ4v) is 3.40. The third-order valence-corrected chi connectivity index (χ3v) is 4.65. The molecule has 6 nitrogen and oxygen atoms in total. The number of anilines is 1. The molecular weight excluding hydrogens is 366 g/mol. The topological polar surface area (TPSA) is 71.3 Å². The number of amides is 1. The molecule has 1 N–H and O–H groups in total. The zero-order chi connectivity index (χ0) is 19.7. The highest BCUT2D eigenvalue weighted by Gasteiger charge is 2.21. The normalized spacial score (nSPS) is 14.0. The van der Waals surface area contributed by atoms with E-state index in [1.54, 1.807) is 0 Å². The molecule has 0 spiro atoms. The first-order valence-corrected chi connectivity index (χ1v) is 8.88. The van der Waals surface area contributed by atoms with Crippen LogP contribution in [0, 0.1) is 11.6 Å². The molecule has 0 radical (unpaired) electrons. The molecule has 0 saturated carbocycles. The Morgan fingerprint density at radius 1 is 1.29 bits per heavy atom. The van der Waals surface area contributed by atoms with E-state index < -0.39 is 11.6 Å². The van der Waals surface area contributed by atoms with Gasteiger partial charge in [0.1, 0.15) is 11.6 Å². The number of hydrogen-bond donors (Lipinski definition) is 1. The molecule has 1 aromatic heterocycles. The minimum atomic E-state index is -0.743. The molecule has 1 aliphatic rings. The molecule has 0 unspecified atom stereocenters. The number of fused-ring (bicyclic) bond motifs is 1. The third kappa shape index (κ3) is 3.77. The second kappa shape index (κ2) is 7.47. The molecule has 1 amide bonds. The van der Waals surface area contributed by atoms with Crippen molar-refractivity contribution in [2.24, 2.45) is 0 Å². The average molecular weight is 384 g/mol. The summed E-state index contributed by atoms with van der Waals surface area (Å²) in [6, 6.07) is 9.06. The lowest BCUT2D eigenvalue weighted by atomic mass is 9.97. The maximum atomic E-state index is 13.9. The number of carbonyl (C=O) groups is 1. The molecule has 144 valence electrons. The van der Waals surface area contributed by atoms with E-state index in [1.165, 1.54) is 13.0 Å². The molecule has 1 aliphatic heterocycles. The van der Waals surface area contributed by atoms with Gasteiger partial charge in [-0.25, -0.2) is 8.78 Å². The third-order valence-electron chi connectivity index (χ3n) is 4.65. The number of nitrogens with one attached hydrogen (secondary N) is 1. The predicted octanol–water partition coefficient (Wildman–Crippen LogP) is 3.53. The molecule has 28 heavy (non-hydrogen) atoms. The van der Waals surface area contributed by atoms with Crippen molar-refractivity contribution in [1.82, 2.24) is 15.0 Å². The van der Waals surface area contributed by atoms with Crippen molar-refractivity contribution in [3.63, 3.8) is 0 Å². The van der Waals surface area contributed by atoms with Gasteiger partial charge in [-0.15, -0.1) is 0 Å². The second-order valence-electron chi connectivity index (χ2n) is 6.73. The average Bonchev–Trinajstić information content (AvgIpc) is 3.09. The molecule has 8 heteroatoms. The summed E-state index contributed by atoms with van der Waals surface area (Å²) in [6.45, 7) is 3.37. The second-order valence-corrected chi connectivity index (χ2v) is 6.73. The van der Waals surface area contributed by atoms with Gasteiger partial charge in [0, 0.05) is 31.8 Å². The smallest absolute Gasteiger partial charge is 0.260 e. The van der Waals surface area contributed by atoms with Crippen LogP contribution < -0.4 is 5.32 Å². The summed E-state index contributed by atoms with van der Waals surface area (Å²) in [6.07, 6.45) is 0.781. The first-order chi connectivity index (χ1) is 13.5. The zero-order valence-corrected chi connectivity index (χ0v) is 15.2.